The molecule has 0 aliphatic heterocycles. The Morgan fingerprint density at radius 1 is 1.03 bits per heavy atom. The van der Waals surface area contributed by atoms with E-state index in [1.54, 1.807) is 29.3 Å². The van der Waals surface area contributed by atoms with Crippen molar-refractivity contribution in [2.75, 3.05) is 5.75 Å². The van der Waals surface area contributed by atoms with Gasteiger partial charge in [0.15, 0.2) is 8.68 Å². The number of rotatable bonds is 8. The number of nitrogens with one attached hydrogen (secondary N) is 1. The van der Waals surface area contributed by atoms with Crippen LogP contribution >= 0.6 is 62.1 Å². The van der Waals surface area contributed by atoms with Gasteiger partial charge in [0, 0.05) is 10.6 Å². The molecule has 0 spiro atoms. The van der Waals surface area contributed by atoms with Crippen LogP contribution in [0.25, 0.3) is 10.8 Å². The molecule has 0 aliphatic rings. The highest BCUT2D eigenvalue weighted by Gasteiger charge is 2.09. The van der Waals surface area contributed by atoms with Gasteiger partial charge in [-0.1, -0.05) is 77.3 Å². The van der Waals surface area contributed by atoms with Crippen molar-refractivity contribution in [2.45, 2.75) is 14.4 Å². The summed E-state index contributed by atoms with van der Waals surface area (Å²) in [6, 6.07) is 18.6. The molecule has 2 heterocycles. The lowest BCUT2D eigenvalue weighted by atomic mass is 10.1. The zero-order valence-corrected chi connectivity index (χ0v) is 20.3. The lowest BCUT2D eigenvalue weighted by molar-refractivity contribution is -0.118. The number of hydrogen-bond donors (Lipinski definition) is 1. The number of amides is 1. The highest BCUT2D eigenvalue weighted by Crippen LogP contribution is 2.32. The molecule has 2 aromatic carbocycles. The average molecular weight is 536 g/mol. The summed E-state index contributed by atoms with van der Waals surface area (Å²) in [5.41, 5.74) is 3.81. The Morgan fingerprint density at radius 2 is 1.83 bits per heavy atom. The molecule has 0 atom stereocenters. The van der Waals surface area contributed by atoms with Gasteiger partial charge >= 0.3 is 0 Å². The molecule has 0 unspecified atom stereocenters. The Morgan fingerprint density at radius 3 is 2.67 bits per heavy atom. The lowest BCUT2D eigenvalue weighted by Crippen LogP contribution is -2.19. The van der Waals surface area contributed by atoms with E-state index in [1.165, 1.54) is 39.4 Å². The minimum atomic E-state index is -0.174. The predicted molar refractivity (Wildman–Crippen MR) is 132 cm³/mol. The van der Waals surface area contributed by atoms with Crippen LogP contribution in [-0.4, -0.2) is 28.1 Å². The van der Waals surface area contributed by atoms with Crippen molar-refractivity contribution in [2.24, 2.45) is 5.10 Å². The van der Waals surface area contributed by atoms with Crippen molar-refractivity contribution in [3.8, 4) is 0 Å². The molecular formula is C20H15BrN4OS4. The Hall–Kier alpha value is -1.72. The van der Waals surface area contributed by atoms with Gasteiger partial charge in [-0.25, -0.2) is 5.43 Å². The van der Waals surface area contributed by atoms with Crippen LogP contribution < -0.4 is 5.43 Å². The van der Waals surface area contributed by atoms with E-state index in [-0.39, 0.29) is 11.7 Å². The van der Waals surface area contributed by atoms with E-state index in [1.807, 2.05) is 12.1 Å². The molecule has 1 amide bonds. The standard InChI is InChI=1S/C20H15BrN4OS4/c21-17-9-8-15(29-17)10-22-23-18(26)12-28-20-25-24-19(30-20)27-11-14-6-3-5-13-4-1-2-7-16(13)14/h1-10H,11-12H2,(H,23,26). The third-order valence-electron chi connectivity index (χ3n) is 3.92. The lowest BCUT2D eigenvalue weighted by Gasteiger charge is -2.04. The topological polar surface area (TPSA) is 67.2 Å². The predicted octanol–water partition coefficient (Wildman–Crippen LogP) is 6.05. The Balaban J connectivity index is 1.26. The molecule has 0 saturated heterocycles. The quantitative estimate of drug-likeness (QED) is 0.169. The van der Waals surface area contributed by atoms with Crippen molar-refractivity contribution in [1.29, 1.82) is 0 Å². The van der Waals surface area contributed by atoms with Crippen LogP contribution in [0, 0.1) is 0 Å². The summed E-state index contributed by atoms with van der Waals surface area (Å²) in [6.45, 7) is 0. The van der Waals surface area contributed by atoms with E-state index in [4.69, 9.17) is 0 Å². The maximum atomic E-state index is 12.0. The van der Waals surface area contributed by atoms with E-state index < -0.39 is 0 Å². The van der Waals surface area contributed by atoms with Gasteiger partial charge in [-0.2, -0.15) is 5.10 Å². The van der Waals surface area contributed by atoms with Crippen molar-refractivity contribution < 1.29 is 4.79 Å². The first-order chi connectivity index (χ1) is 14.7. The summed E-state index contributed by atoms with van der Waals surface area (Å²) in [5, 5.41) is 14.9. The zero-order valence-electron chi connectivity index (χ0n) is 15.4. The molecule has 5 nitrogen and oxygen atoms in total. The highest BCUT2D eigenvalue weighted by molar-refractivity contribution is 9.11. The molecular weight excluding hydrogens is 520 g/mol. The minimum Gasteiger partial charge on any atom is -0.272 e. The van der Waals surface area contributed by atoms with E-state index in [9.17, 15) is 4.79 Å². The Kier molecular flexibility index (Phi) is 7.56. The van der Waals surface area contributed by atoms with Crippen LogP contribution in [0.2, 0.25) is 0 Å². The number of thioether (sulfide) groups is 2. The number of hydrazone groups is 1. The average Bonchev–Trinajstić information content (AvgIpc) is 3.39. The van der Waals surface area contributed by atoms with Gasteiger partial charge in [0.25, 0.3) is 5.91 Å². The molecule has 4 rings (SSSR count). The second-order valence-corrected chi connectivity index (χ2v) is 11.9. The second-order valence-electron chi connectivity index (χ2n) is 5.98. The van der Waals surface area contributed by atoms with E-state index in [2.05, 4.69) is 79.1 Å². The maximum absolute atomic E-state index is 12.0. The fourth-order valence-electron chi connectivity index (χ4n) is 2.60. The molecule has 4 aromatic rings. The van der Waals surface area contributed by atoms with E-state index >= 15 is 0 Å². The smallest absolute Gasteiger partial charge is 0.250 e. The number of benzene rings is 2. The van der Waals surface area contributed by atoms with Gasteiger partial charge in [0.05, 0.1) is 15.8 Å². The SMILES string of the molecule is O=C(CSc1nnc(SCc2cccc3ccccc23)s1)NN=Cc1ccc(Br)s1. The first-order valence-electron chi connectivity index (χ1n) is 8.80. The number of carbonyl (C=O) groups is 1. The Bertz CT molecular complexity index is 1180. The molecule has 30 heavy (non-hydrogen) atoms. The largest absolute Gasteiger partial charge is 0.272 e. The van der Waals surface area contributed by atoms with Crippen LogP contribution in [0.15, 0.2) is 72.2 Å². The third-order valence-corrected chi connectivity index (χ3v) is 8.72. The van der Waals surface area contributed by atoms with Crippen molar-refractivity contribution in [3.05, 3.63) is 68.8 Å². The van der Waals surface area contributed by atoms with Crippen LogP contribution in [0.5, 0.6) is 0 Å². The number of thiophene rings is 1. The van der Waals surface area contributed by atoms with Gasteiger partial charge in [-0.15, -0.1) is 21.5 Å². The monoisotopic (exact) mass is 534 g/mol. The normalized spacial score (nSPS) is 11.4. The van der Waals surface area contributed by atoms with Crippen LogP contribution in [0.3, 0.4) is 0 Å². The van der Waals surface area contributed by atoms with Gasteiger partial charge in [0.1, 0.15) is 0 Å². The highest BCUT2D eigenvalue weighted by atomic mass is 79.9. The Labute approximate surface area is 198 Å². The minimum absolute atomic E-state index is 0.174. The summed E-state index contributed by atoms with van der Waals surface area (Å²) >= 11 is 9.47. The molecule has 0 saturated carbocycles. The molecule has 152 valence electrons. The van der Waals surface area contributed by atoms with Gasteiger partial charge in [-0.3, -0.25) is 4.79 Å². The summed E-state index contributed by atoms with van der Waals surface area (Å²) < 4.78 is 2.69. The number of halogens is 1. The van der Waals surface area contributed by atoms with Gasteiger partial charge in [0.2, 0.25) is 0 Å². The summed E-state index contributed by atoms with van der Waals surface area (Å²) in [6.07, 6.45) is 1.63. The van der Waals surface area contributed by atoms with Crippen LogP contribution in [-0.2, 0) is 10.5 Å². The summed E-state index contributed by atoms with van der Waals surface area (Å²) in [7, 11) is 0. The zero-order chi connectivity index (χ0) is 20.8. The van der Waals surface area contributed by atoms with Gasteiger partial charge < -0.3 is 0 Å². The maximum Gasteiger partial charge on any atom is 0.250 e. The van der Waals surface area contributed by atoms with Crippen molar-refractivity contribution >= 4 is 85.0 Å². The fourth-order valence-corrected chi connectivity index (χ4v) is 6.71. The molecule has 1 N–H and O–H groups in total. The summed E-state index contributed by atoms with van der Waals surface area (Å²) in [5.74, 6) is 0.898. The molecule has 0 radical (unpaired) electrons. The van der Waals surface area contributed by atoms with Crippen molar-refractivity contribution in [3.63, 3.8) is 0 Å². The molecule has 0 aliphatic carbocycles. The number of nitrogens with zero attached hydrogens (tertiary/aromatic N) is 3. The van der Waals surface area contributed by atoms with Gasteiger partial charge in [-0.05, 0) is 44.4 Å². The molecule has 0 fully saturated rings. The third kappa shape index (κ3) is 5.92. The van der Waals surface area contributed by atoms with E-state index in [0.717, 1.165) is 23.1 Å². The molecule has 10 heteroatoms. The first-order valence-corrected chi connectivity index (χ1v) is 13.2. The number of hydrogen-bond acceptors (Lipinski definition) is 8. The second kappa shape index (κ2) is 10.5. The van der Waals surface area contributed by atoms with E-state index in [0.29, 0.717) is 0 Å². The van der Waals surface area contributed by atoms with Crippen LogP contribution in [0.1, 0.15) is 10.4 Å². The fraction of sp³-hybridized carbons (Fsp3) is 0.100. The van der Waals surface area contributed by atoms with Crippen LogP contribution in [0.4, 0.5) is 0 Å². The molecule has 2 aromatic heterocycles. The first kappa shape index (κ1) is 21.5. The summed E-state index contributed by atoms with van der Waals surface area (Å²) in [4.78, 5) is 12.9. The number of fused-ring (bicyclic) bond motifs is 1. The number of aromatic nitrogens is 2. The molecule has 0 bridgehead atoms. The number of carbonyl (C=O) groups excluding carboxylic acids is 1. The van der Waals surface area contributed by atoms with Crippen molar-refractivity contribution in [1.82, 2.24) is 15.6 Å².